The van der Waals surface area contributed by atoms with Crippen LogP contribution < -0.4 is 5.32 Å². The van der Waals surface area contributed by atoms with E-state index < -0.39 is 12.0 Å². The summed E-state index contributed by atoms with van der Waals surface area (Å²) in [5.74, 6) is -0.273. The van der Waals surface area contributed by atoms with Crippen LogP contribution in [0.1, 0.15) is 17.0 Å². The van der Waals surface area contributed by atoms with Gasteiger partial charge in [-0.1, -0.05) is 28.4 Å². The fourth-order valence-corrected chi connectivity index (χ4v) is 3.22. The fourth-order valence-electron chi connectivity index (χ4n) is 1.71. The maximum absolute atomic E-state index is 11.3. The van der Waals surface area contributed by atoms with Crippen molar-refractivity contribution in [3.05, 3.63) is 37.8 Å². The first kappa shape index (κ1) is 15.3. The lowest BCUT2D eigenvalue weighted by molar-refractivity contribution is -0.139. The first-order chi connectivity index (χ1) is 9.45. The summed E-state index contributed by atoms with van der Waals surface area (Å²) in [7, 11) is 0. The number of carboxylic acid groups (broad SMARTS) is 1. The first-order valence-corrected chi connectivity index (χ1v) is 7.35. The van der Waals surface area contributed by atoms with Crippen LogP contribution in [0.3, 0.4) is 0 Å². The Morgan fingerprint density at radius 1 is 1.55 bits per heavy atom. The molecule has 0 fully saturated rings. The summed E-state index contributed by atoms with van der Waals surface area (Å²) < 4.78 is 5.98. The molecule has 1 unspecified atom stereocenters. The van der Waals surface area contributed by atoms with Crippen molar-refractivity contribution in [2.45, 2.75) is 25.9 Å². The van der Waals surface area contributed by atoms with Crippen molar-refractivity contribution in [3.8, 4) is 0 Å². The average molecular weight is 335 g/mol. The Morgan fingerprint density at radius 3 is 2.80 bits per heavy atom. The molecule has 0 aliphatic heterocycles. The quantitative estimate of drug-likeness (QED) is 0.848. The Labute approximate surface area is 129 Å². The zero-order chi connectivity index (χ0) is 14.7. The van der Waals surface area contributed by atoms with Crippen LogP contribution in [0.25, 0.3) is 0 Å². The van der Waals surface area contributed by atoms with E-state index >= 15 is 0 Å². The SMILES string of the molecule is Cc1cc(CNC(Cc2cc(Cl)sc2Cl)C(=O)O)no1. The predicted octanol–water partition coefficient (Wildman–Crippen LogP) is 3.14. The second kappa shape index (κ2) is 6.58. The van der Waals surface area contributed by atoms with E-state index in [0.29, 0.717) is 26.7 Å². The van der Waals surface area contributed by atoms with E-state index in [9.17, 15) is 9.90 Å². The third-order valence-corrected chi connectivity index (χ3v) is 4.22. The van der Waals surface area contributed by atoms with Gasteiger partial charge in [-0.05, 0) is 18.6 Å². The summed E-state index contributed by atoms with van der Waals surface area (Å²) in [6.07, 6.45) is 0.258. The van der Waals surface area contributed by atoms with Crippen LogP contribution in [-0.2, 0) is 17.8 Å². The molecular formula is C12H12Cl2N2O3S. The van der Waals surface area contributed by atoms with Gasteiger partial charge in [-0.2, -0.15) is 0 Å². The molecule has 2 N–H and O–H groups in total. The molecule has 0 saturated carbocycles. The standard InChI is InChI=1S/C12H12Cl2N2O3S/c1-6-2-8(16-19-6)5-15-9(12(17)18)3-7-4-10(13)20-11(7)14/h2,4,9,15H,3,5H2,1H3,(H,17,18). The van der Waals surface area contributed by atoms with E-state index in [-0.39, 0.29) is 6.42 Å². The number of halogens is 2. The van der Waals surface area contributed by atoms with Gasteiger partial charge in [0.05, 0.1) is 14.4 Å². The van der Waals surface area contributed by atoms with Gasteiger partial charge in [-0.15, -0.1) is 11.3 Å². The van der Waals surface area contributed by atoms with E-state index in [0.717, 1.165) is 5.56 Å². The molecule has 0 bridgehead atoms. The summed E-state index contributed by atoms with van der Waals surface area (Å²) in [5.41, 5.74) is 1.38. The Morgan fingerprint density at radius 2 is 2.30 bits per heavy atom. The van der Waals surface area contributed by atoms with Crippen LogP contribution in [0.4, 0.5) is 0 Å². The molecule has 0 spiro atoms. The number of thiophene rings is 1. The average Bonchev–Trinajstić information content (AvgIpc) is 2.90. The normalized spacial score (nSPS) is 12.6. The van der Waals surface area contributed by atoms with Crippen LogP contribution >= 0.6 is 34.5 Å². The number of aryl methyl sites for hydroxylation is 1. The van der Waals surface area contributed by atoms with Gasteiger partial charge in [0, 0.05) is 19.0 Å². The van der Waals surface area contributed by atoms with Crippen LogP contribution in [0.5, 0.6) is 0 Å². The summed E-state index contributed by atoms with van der Waals surface area (Å²) >= 11 is 13.1. The highest BCUT2D eigenvalue weighted by Crippen LogP contribution is 2.31. The molecule has 0 amide bonds. The molecule has 20 heavy (non-hydrogen) atoms. The van der Waals surface area contributed by atoms with Gasteiger partial charge in [-0.3, -0.25) is 10.1 Å². The number of hydrogen-bond donors (Lipinski definition) is 2. The van der Waals surface area contributed by atoms with Gasteiger partial charge in [0.1, 0.15) is 11.8 Å². The van der Waals surface area contributed by atoms with E-state index in [4.69, 9.17) is 27.7 Å². The number of nitrogens with one attached hydrogen (secondary N) is 1. The number of aliphatic carboxylic acids is 1. The van der Waals surface area contributed by atoms with Gasteiger partial charge in [0.2, 0.25) is 0 Å². The van der Waals surface area contributed by atoms with Gasteiger partial charge in [0.25, 0.3) is 0 Å². The van der Waals surface area contributed by atoms with Crippen molar-refractivity contribution in [1.82, 2.24) is 10.5 Å². The van der Waals surface area contributed by atoms with Crippen LogP contribution in [0.2, 0.25) is 8.67 Å². The number of hydrogen-bond acceptors (Lipinski definition) is 5. The molecule has 0 aliphatic carbocycles. The molecule has 2 heterocycles. The maximum atomic E-state index is 11.3. The van der Waals surface area contributed by atoms with Crippen molar-refractivity contribution in [1.29, 1.82) is 0 Å². The van der Waals surface area contributed by atoms with Gasteiger partial charge < -0.3 is 9.63 Å². The Balaban J connectivity index is 2.00. The van der Waals surface area contributed by atoms with Crippen molar-refractivity contribution >= 4 is 40.5 Å². The molecule has 0 radical (unpaired) electrons. The van der Waals surface area contributed by atoms with Gasteiger partial charge in [-0.25, -0.2) is 0 Å². The monoisotopic (exact) mass is 334 g/mol. The second-order valence-corrected chi connectivity index (χ2v) is 6.54. The summed E-state index contributed by atoms with van der Waals surface area (Å²) in [4.78, 5) is 11.3. The van der Waals surface area contributed by atoms with Crippen molar-refractivity contribution < 1.29 is 14.4 Å². The lowest BCUT2D eigenvalue weighted by Crippen LogP contribution is -2.38. The number of carbonyl (C=O) groups is 1. The molecule has 2 rings (SSSR count). The van der Waals surface area contributed by atoms with E-state index in [1.807, 2.05) is 0 Å². The lowest BCUT2D eigenvalue weighted by Gasteiger charge is -2.12. The van der Waals surface area contributed by atoms with Crippen molar-refractivity contribution in [3.63, 3.8) is 0 Å². The van der Waals surface area contributed by atoms with E-state index in [1.54, 1.807) is 19.1 Å². The predicted molar refractivity (Wildman–Crippen MR) is 77.5 cm³/mol. The molecule has 1 atom stereocenters. The minimum atomic E-state index is -0.955. The Hall–Kier alpha value is -1.08. The summed E-state index contributed by atoms with van der Waals surface area (Å²) in [6, 6.07) is 2.67. The summed E-state index contributed by atoms with van der Waals surface area (Å²) in [5, 5.41) is 16.0. The molecule has 0 saturated heterocycles. The third kappa shape index (κ3) is 3.96. The van der Waals surface area contributed by atoms with Crippen molar-refractivity contribution in [2.24, 2.45) is 0 Å². The zero-order valence-electron chi connectivity index (χ0n) is 10.5. The highest BCUT2D eigenvalue weighted by Gasteiger charge is 2.20. The fraction of sp³-hybridized carbons (Fsp3) is 0.333. The second-order valence-electron chi connectivity index (χ2n) is 4.25. The molecule has 0 aromatic carbocycles. The molecule has 2 aromatic heterocycles. The molecule has 2 aromatic rings. The number of carboxylic acids is 1. The number of aromatic nitrogens is 1. The minimum Gasteiger partial charge on any atom is -0.480 e. The third-order valence-electron chi connectivity index (χ3n) is 2.66. The minimum absolute atomic E-state index is 0.258. The Kier molecular flexibility index (Phi) is 5.04. The van der Waals surface area contributed by atoms with Gasteiger partial charge in [0.15, 0.2) is 0 Å². The first-order valence-electron chi connectivity index (χ1n) is 5.78. The van der Waals surface area contributed by atoms with E-state index in [1.165, 1.54) is 11.3 Å². The Bertz CT molecular complexity index is 612. The number of rotatable bonds is 6. The topological polar surface area (TPSA) is 75.4 Å². The largest absolute Gasteiger partial charge is 0.480 e. The molecule has 108 valence electrons. The number of nitrogens with zero attached hydrogens (tertiary/aromatic N) is 1. The molecule has 8 heteroatoms. The highest BCUT2D eigenvalue weighted by atomic mass is 35.5. The van der Waals surface area contributed by atoms with Gasteiger partial charge >= 0.3 is 5.97 Å². The van der Waals surface area contributed by atoms with Crippen LogP contribution in [-0.4, -0.2) is 22.3 Å². The van der Waals surface area contributed by atoms with Crippen LogP contribution in [0.15, 0.2) is 16.7 Å². The molecule has 0 aliphatic rings. The molecule has 5 nitrogen and oxygen atoms in total. The summed E-state index contributed by atoms with van der Waals surface area (Å²) in [6.45, 7) is 2.09. The lowest BCUT2D eigenvalue weighted by atomic mass is 10.1. The van der Waals surface area contributed by atoms with Crippen molar-refractivity contribution in [2.75, 3.05) is 0 Å². The highest BCUT2D eigenvalue weighted by molar-refractivity contribution is 7.20. The molecular weight excluding hydrogens is 323 g/mol. The zero-order valence-corrected chi connectivity index (χ0v) is 12.8. The smallest absolute Gasteiger partial charge is 0.321 e. The van der Waals surface area contributed by atoms with E-state index in [2.05, 4.69) is 10.5 Å². The van der Waals surface area contributed by atoms with Crippen LogP contribution in [0, 0.1) is 6.92 Å². The maximum Gasteiger partial charge on any atom is 0.321 e.